The van der Waals surface area contributed by atoms with Crippen molar-refractivity contribution in [2.75, 3.05) is 13.7 Å². The van der Waals surface area contributed by atoms with Gasteiger partial charge in [0.2, 0.25) is 0 Å². The summed E-state index contributed by atoms with van der Waals surface area (Å²) in [6, 6.07) is 0.173. The first kappa shape index (κ1) is 16.8. The molecule has 0 amide bonds. The third-order valence-electron chi connectivity index (χ3n) is 4.10. The molecule has 1 rings (SSSR count). The van der Waals surface area contributed by atoms with Gasteiger partial charge in [-0.25, -0.2) is 0 Å². The number of hydrogen-bond donors (Lipinski definition) is 1. The molecular weight excluding hydrogens is 255 g/mol. The van der Waals surface area contributed by atoms with Crippen molar-refractivity contribution in [1.29, 1.82) is 0 Å². The van der Waals surface area contributed by atoms with Gasteiger partial charge in [-0.05, 0) is 37.6 Å². The molecule has 0 aromatic heterocycles. The number of halogens is 3. The summed E-state index contributed by atoms with van der Waals surface area (Å²) in [6.07, 6.45) is -2.19. The third-order valence-corrected chi connectivity index (χ3v) is 4.10. The van der Waals surface area contributed by atoms with Gasteiger partial charge in [0.1, 0.15) is 0 Å². The Morgan fingerprint density at radius 3 is 2.26 bits per heavy atom. The Morgan fingerprint density at radius 2 is 1.79 bits per heavy atom. The fraction of sp³-hybridized carbons (Fsp3) is 1.00. The zero-order chi connectivity index (χ0) is 14.7. The molecule has 1 N–H and O–H groups in total. The molecule has 0 aromatic carbocycles. The Bertz CT molecular complexity index is 273. The van der Waals surface area contributed by atoms with E-state index in [1.165, 1.54) is 0 Å². The highest BCUT2D eigenvalue weighted by Crippen LogP contribution is 2.39. The molecular formula is C14H26F3NO. The van der Waals surface area contributed by atoms with Crippen molar-refractivity contribution in [3.63, 3.8) is 0 Å². The highest BCUT2D eigenvalue weighted by atomic mass is 19.4. The van der Waals surface area contributed by atoms with Crippen molar-refractivity contribution in [2.24, 2.45) is 11.3 Å². The highest BCUT2D eigenvalue weighted by Gasteiger charge is 2.36. The van der Waals surface area contributed by atoms with E-state index in [-0.39, 0.29) is 24.2 Å². The Kier molecular flexibility index (Phi) is 5.68. The molecule has 5 heteroatoms. The molecule has 0 heterocycles. The fourth-order valence-corrected chi connectivity index (χ4v) is 2.76. The summed E-state index contributed by atoms with van der Waals surface area (Å²) in [5, 5.41) is 3.17. The topological polar surface area (TPSA) is 21.3 Å². The summed E-state index contributed by atoms with van der Waals surface area (Å²) in [6.45, 7) is 6.32. The SMILES string of the molecule is CNC1CCC(C(C)(C)C)CC1OCCC(F)(F)F. The minimum absolute atomic E-state index is 0.106. The predicted molar refractivity (Wildman–Crippen MR) is 70.1 cm³/mol. The fourth-order valence-electron chi connectivity index (χ4n) is 2.76. The molecule has 1 aliphatic rings. The molecule has 0 aromatic rings. The van der Waals surface area contributed by atoms with E-state index in [1.54, 1.807) is 0 Å². The second kappa shape index (κ2) is 6.44. The molecule has 19 heavy (non-hydrogen) atoms. The maximum absolute atomic E-state index is 12.2. The Morgan fingerprint density at radius 1 is 1.16 bits per heavy atom. The van der Waals surface area contributed by atoms with Gasteiger partial charge < -0.3 is 10.1 Å². The Labute approximate surface area is 114 Å². The average molecular weight is 281 g/mol. The van der Waals surface area contributed by atoms with E-state index in [9.17, 15) is 13.2 Å². The molecule has 0 saturated heterocycles. The molecule has 0 radical (unpaired) electrons. The van der Waals surface area contributed by atoms with Gasteiger partial charge in [0.15, 0.2) is 0 Å². The molecule has 114 valence electrons. The zero-order valence-corrected chi connectivity index (χ0v) is 12.3. The molecule has 3 unspecified atom stereocenters. The van der Waals surface area contributed by atoms with Gasteiger partial charge in [-0.3, -0.25) is 0 Å². The maximum Gasteiger partial charge on any atom is 0.391 e. The van der Waals surface area contributed by atoms with Crippen molar-refractivity contribution in [2.45, 2.75) is 64.8 Å². The molecule has 1 fully saturated rings. The van der Waals surface area contributed by atoms with E-state index in [0.29, 0.717) is 5.92 Å². The standard InChI is InChI=1S/C14H26F3NO/c1-13(2,3)10-5-6-11(18-4)12(9-10)19-8-7-14(15,16)17/h10-12,18H,5-9H2,1-4H3. The molecule has 0 aliphatic heterocycles. The van der Waals surface area contributed by atoms with Crippen LogP contribution in [0.1, 0.15) is 46.5 Å². The van der Waals surface area contributed by atoms with Crippen LogP contribution in [0.3, 0.4) is 0 Å². The summed E-state index contributed by atoms with van der Waals surface area (Å²) in [7, 11) is 1.85. The number of alkyl halides is 3. The van der Waals surface area contributed by atoms with Crippen LogP contribution in [-0.2, 0) is 4.74 Å². The van der Waals surface area contributed by atoms with Gasteiger partial charge in [-0.15, -0.1) is 0 Å². The van der Waals surface area contributed by atoms with Crippen LogP contribution in [0.4, 0.5) is 13.2 Å². The predicted octanol–water partition coefficient (Wildman–Crippen LogP) is 3.76. The lowest BCUT2D eigenvalue weighted by Crippen LogP contribution is -2.46. The number of ether oxygens (including phenoxy) is 1. The second-order valence-corrected chi connectivity index (χ2v) is 6.55. The smallest absolute Gasteiger partial charge is 0.376 e. The molecule has 0 spiro atoms. The van der Waals surface area contributed by atoms with Crippen molar-refractivity contribution in [3.05, 3.63) is 0 Å². The lowest BCUT2D eigenvalue weighted by atomic mass is 9.70. The second-order valence-electron chi connectivity index (χ2n) is 6.55. The quantitative estimate of drug-likeness (QED) is 0.847. The minimum Gasteiger partial charge on any atom is -0.376 e. The van der Waals surface area contributed by atoms with Gasteiger partial charge in [-0.1, -0.05) is 20.8 Å². The summed E-state index contributed by atoms with van der Waals surface area (Å²) < 4.78 is 42.0. The maximum atomic E-state index is 12.2. The minimum atomic E-state index is -4.13. The molecule has 3 atom stereocenters. The first-order chi connectivity index (χ1) is 8.63. The van der Waals surface area contributed by atoms with Crippen molar-refractivity contribution in [3.8, 4) is 0 Å². The van der Waals surface area contributed by atoms with Crippen LogP contribution >= 0.6 is 0 Å². The van der Waals surface area contributed by atoms with Crippen molar-refractivity contribution < 1.29 is 17.9 Å². The van der Waals surface area contributed by atoms with E-state index in [0.717, 1.165) is 19.3 Å². The number of likely N-dealkylation sites (N-methyl/N-ethyl adjacent to an activating group) is 1. The summed E-state index contributed by atoms with van der Waals surface area (Å²) in [5.41, 5.74) is 0.185. The first-order valence-electron chi connectivity index (χ1n) is 6.99. The highest BCUT2D eigenvalue weighted by molar-refractivity contribution is 4.89. The van der Waals surface area contributed by atoms with Crippen LogP contribution < -0.4 is 5.32 Å². The average Bonchev–Trinajstić information content (AvgIpc) is 2.26. The summed E-state index contributed by atoms with van der Waals surface area (Å²) >= 11 is 0. The Hall–Kier alpha value is -0.290. The van der Waals surface area contributed by atoms with E-state index < -0.39 is 12.6 Å². The van der Waals surface area contributed by atoms with Gasteiger partial charge in [0, 0.05) is 6.04 Å². The molecule has 0 bridgehead atoms. The van der Waals surface area contributed by atoms with Gasteiger partial charge in [-0.2, -0.15) is 13.2 Å². The zero-order valence-electron chi connectivity index (χ0n) is 12.3. The van der Waals surface area contributed by atoms with Crippen molar-refractivity contribution in [1.82, 2.24) is 5.32 Å². The summed E-state index contributed by atoms with van der Waals surface area (Å²) in [5.74, 6) is 0.507. The van der Waals surface area contributed by atoms with Crippen LogP contribution in [0.25, 0.3) is 0 Å². The number of hydrogen-bond acceptors (Lipinski definition) is 2. The van der Waals surface area contributed by atoms with Gasteiger partial charge in [0.05, 0.1) is 19.1 Å². The van der Waals surface area contributed by atoms with E-state index in [1.807, 2.05) is 7.05 Å². The summed E-state index contributed by atoms with van der Waals surface area (Å²) in [4.78, 5) is 0. The van der Waals surface area contributed by atoms with Gasteiger partial charge >= 0.3 is 6.18 Å². The van der Waals surface area contributed by atoms with Crippen LogP contribution in [-0.4, -0.2) is 32.0 Å². The molecule has 2 nitrogen and oxygen atoms in total. The molecule has 1 saturated carbocycles. The largest absolute Gasteiger partial charge is 0.391 e. The van der Waals surface area contributed by atoms with Crippen LogP contribution in [0.5, 0.6) is 0 Å². The lowest BCUT2D eigenvalue weighted by Gasteiger charge is -2.41. The number of rotatable bonds is 4. The monoisotopic (exact) mass is 281 g/mol. The van der Waals surface area contributed by atoms with Crippen molar-refractivity contribution >= 4 is 0 Å². The van der Waals surface area contributed by atoms with Gasteiger partial charge in [0.25, 0.3) is 0 Å². The molecule has 1 aliphatic carbocycles. The van der Waals surface area contributed by atoms with Crippen LogP contribution in [0.2, 0.25) is 0 Å². The van der Waals surface area contributed by atoms with E-state index in [4.69, 9.17) is 4.74 Å². The normalized spacial score (nSPS) is 29.5. The first-order valence-corrected chi connectivity index (χ1v) is 6.99. The number of nitrogens with one attached hydrogen (secondary N) is 1. The Balaban J connectivity index is 2.51. The van der Waals surface area contributed by atoms with E-state index in [2.05, 4.69) is 26.1 Å². The van der Waals surface area contributed by atoms with E-state index >= 15 is 0 Å². The lowest BCUT2D eigenvalue weighted by molar-refractivity contribution is -0.153. The third kappa shape index (κ3) is 5.69. The van der Waals surface area contributed by atoms with Crippen LogP contribution in [0.15, 0.2) is 0 Å². The van der Waals surface area contributed by atoms with Crippen LogP contribution in [0, 0.1) is 11.3 Å².